The largest absolute Gasteiger partial charge is 0.325 e. The molecule has 0 unspecified atom stereocenters. The van der Waals surface area contributed by atoms with Crippen LogP contribution in [0.3, 0.4) is 0 Å². The first-order valence-electron chi connectivity index (χ1n) is 9.71. The van der Waals surface area contributed by atoms with Gasteiger partial charge in [0, 0.05) is 24.6 Å². The van der Waals surface area contributed by atoms with Gasteiger partial charge in [0.25, 0.3) is 0 Å². The third kappa shape index (κ3) is 4.19. The summed E-state index contributed by atoms with van der Waals surface area (Å²) in [5.41, 5.74) is 2.58. The molecule has 1 aliphatic rings. The van der Waals surface area contributed by atoms with Crippen molar-refractivity contribution in [1.29, 1.82) is 0 Å². The SMILES string of the molecule is CCS(=O)(=O)N1CCC(C(=O)Nc2ccccc2-c2nc3ccccc3s2)CC1. The van der Waals surface area contributed by atoms with Gasteiger partial charge in [-0.15, -0.1) is 11.3 Å². The number of amides is 1. The Morgan fingerprint density at radius 2 is 1.83 bits per heavy atom. The zero-order valence-corrected chi connectivity index (χ0v) is 17.8. The van der Waals surface area contributed by atoms with E-state index in [9.17, 15) is 13.2 Å². The topological polar surface area (TPSA) is 79.4 Å². The molecule has 0 spiro atoms. The molecule has 0 saturated carbocycles. The van der Waals surface area contributed by atoms with E-state index in [4.69, 9.17) is 4.98 Å². The Kier molecular flexibility index (Phi) is 5.67. The average Bonchev–Trinajstić information content (AvgIpc) is 3.18. The molecule has 1 saturated heterocycles. The summed E-state index contributed by atoms with van der Waals surface area (Å²) in [4.78, 5) is 17.6. The van der Waals surface area contributed by atoms with E-state index >= 15 is 0 Å². The fourth-order valence-electron chi connectivity index (χ4n) is 3.58. The van der Waals surface area contributed by atoms with Crippen molar-refractivity contribution < 1.29 is 13.2 Å². The van der Waals surface area contributed by atoms with Gasteiger partial charge in [-0.25, -0.2) is 17.7 Å². The van der Waals surface area contributed by atoms with E-state index in [2.05, 4.69) is 5.32 Å². The first kappa shape index (κ1) is 20.0. The monoisotopic (exact) mass is 429 g/mol. The lowest BCUT2D eigenvalue weighted by Gasteiger charge is -2.30. The molecule has 4 rings (SSSR count). The van der Waals surface area contributed by atoms with E-state index in [0.29, 0.717) is 25.9 Å². The Labute approximate surface area is 174 Å². The molecule has 1 fully saturated rings. The third-order valence-electron chi connectivity index (χ3n) is 5.29. The minimum absolute atomic E-state index is 0.0629. The third-order valence-corrected chi connectivity index (χ3v) is 8.24. The molecule has 2 heterocycles. The Balaban J connectivity index is 1.50. The van der Waals surface area contributed by atoms with Crippen LogP contribution in [-0.4, -0.2) is 42.5 Å². The Hall–Kier alpha value is -2.29. The Bertz CT molecular complexity index is 1100. The van der Waals surface area contributed by atoms with Gasteiger partial charge >= 0.3 is 0 Å². The number of para-hydroxylation sites is 2. The first-order chi connectivity index (χ1) is 14.0. The Morgan fingerprint density at radius 1 is 1.14 bits per heavy atom. The summed E-state index contributed by atoms with van der Waals surface area (Å²) in [6.45, 7) is 2.44. The molecule has 2 aromatic carbocycles. The summed E-state index contributed by atoms with van der Waals surface area (Å²) >= 11 is 1.60. The van der Waals surface area contributed by atoms with Gasteiger partial charge in [0.15, 0.2) is 0 Å². The second-order valence-electron chi connectivity index (χ2n) is 7.10. The van der Waals surface area contributed by atoms with Crippen LogP contribution in [0.25, 0.3) is 20.8 Å². The highest BCUT2D eigenvalue weighted by molar-refractivity contribution is 7.89. The molecular formula is C21H23N3O3S2. The van der Waals surface area contributed by atoms with Gasteiger partial charge in [0.05, 0.1) is 21.7 Å². The second-order valence-corrected chi connectivity index (χ2v) is 10.4. The summed E-state index contributed by atoms with van der Waals surface area (Å²) in [5.74, 6) is -0.159. The number of fused-ring (bicyclic) bond motifs is 1. The minimum atomic E-state index is -3.19. The molecule has 6 nitrogen and oxygen atoms in total. The lowest BCUT2D eigenvalue weighted by molar-refractivity contribution is -0.120. The predicted octanol–water partition coefficient (Wildman–Crippen LogP) is 3.96. The van der Waals surface area contributed by atoms with E-state index < -0.39 is 10.0 Å². The van der Waals surface area contributed by atoms with Crippen LogP contribution < -0.4 is 5.32 Å². The van der Waals surface area contributed by atoms with Crippen LogP contribution in [-0.2, 0) is 14.8 Å². The number of piperidine rings is 1. The summed E-state index contributed by atoms with van der Waals surface area (Å²) < 4.78 is 26.6. The highest BCUT2D eigenvalue weighted by Crippen LogP contribution is 2.35. The fraction of sp³-hybridized carbons (Fsp3) is 0.333. The normalized spacial score (nSPS) is 16.2. The lowest BCUT2D eigenvalue weighted by atomic mass is 9.97. The lowest BCUT2D eigenvalue weighted by Crippen LogP contribution is -2.42. The van der Waals surface area contributed by atoms with Gasteiger partial charge < -0.3 is 5.32 Å². The van der Waals surface area contributed by atoms with Crippen LogP contribution in [0.5, 0.6) is 0 Å². The number of thiazole rings is 1. The molecular weight excluding hydrogens is 406 g/mol. The van der Waals surface area contributed by atoms with Crippen molar-refractivity contribution in [3.8, 4) is 10.6 Å². The number of benzene rings is 2. The second kappa shape index (κ2) is 8.22. The van der Waals surface area contributed by atoms with Gasteiger partial charge in [0.1, 0.15) is 5.01 Å². The van der Waals surface area contributed by atoms with Crippen molar-refractivity contribution in [2.45, 2.75) is 19.8 Å². The molecule has 1 amide bonds. The van der Waals surface area contributed by atoms with E-state index in [1.165, 1.54) is 4.31 Å². The van der Waals surface area contributed by atoms with Crippen molar-refractivity contribution in [3.63, 3.8) is 0 Å². The number of carbonyl (C=O) groups is 1. The van der Waals surface area contributed by atoms with E-state index in [-0.39, 0.29) is 17.6 Å². The number of rotatable bonds is 5. The molecule has 0 bridgehead atoms. The smallest absolute Gasteiger partial charge is 0.227 e. The number of hydrogen-bond acceptors (Lipinski definition) is 5. The van der Waals surface area contributed by atoms with Crippen molar-refractivity contribution in [2.75, 3.05) is 24.2 Å². The quantitative estimate of drug-likeness (QED) is 0.666. The standard InChI is InChI=1S/C21H23N3O3S2/c1-2-29(26,27)24-13-11-15(12-14-24)20(25)22-17-8-4-3-7-16(17)21-23-18-9-5-6-10-19(18)28-21/h3-10,15H,2,11-14H2,1H3,(H,22,25). The fourth-order valence-corrected chi connectivity index (χ4v) is 5.72. The van der Waals surface area contributed by atoms with Crippen LogP contribution in [0.15, 0.2) is 48.5 Å². The highest BCUT2D eigenvalue weighted by atomic mass is 32.2. The summed E-state index contributed by atoms with van der Waals surface area (Å²) in [5, 5.41) is 3.92. The van der Waals surface area contributed by atoms with Crippen LogP contribution in [0, 0.1) is 5.92 Å². The van der Waals surface area contributed by atoms with E-state index in [1.807, 2.05) is 48.5 Å². The van der Waals surface area contributed by atoms with Gasteiger partial charge in [0.2, 0.25) is 15.9 Å². The van der Waals surface area contributed by atoms with Gasteiger partial charge in [-0.05, 0) is 44.0 Å². The van der Waals surface area contributed by atoms with Gasteiger partial charge in [-0.2, -0.15) is 0 Å². The average molecular weight is 430 g/mol. The maximum Gasteiger partial charge on any atom is 0.227 e. The van der Waals surface area contributed by atoms with Crippen LogP contribution in [0.2, 0.25) is 0 Å². The molecule has 0 aliphatic carbocycles. The van der Waals surface area contributed by atoms with Crippen molar-refractivity contribution >= 4 is 43.2 Å². The van der Waals surface area contributed by atoms with Crippen LogP contribution in [0.1, 0.15) is 19.8 Å². The molecule has 0 radical (unpaired) electrons. The number of hydrogen-bond donors (Lipinski definition) is 1. The van der Waals surface area contributed by atoms with Crippen LogP contribution >= 0.6 is 11.3 Å². The van der Waals surface area contributed by atoms with E-state index in [0.717, 1.165) is 26.5 Å². The molecule has 8 heteroatoms. The van der Waals surface area contributed by atoms with Crippen molar-refractivity contribution in [3.05, 3.63) is 48.5 Å². The predicted molar refractivity (Wildman–Crippen MR) is 117 cm³/mol. The molecule has 1 aromatic heterocycles. The highest BCUT2D eigenvalue weighted by Gasteiger charge is 2.30. The number of nitrogens with zero attached hydrogens (tertiary/aromatic N) is 2. The first-order valence-corrected chi connectivity index (χ1v) is 12.1. The molecule has 0 atom stereocenters. The maximum atomic E-state index is 12.9. The summed E-state index contributed by atoms with van der Waals surface area (Å²) in [6, 6.07) is 15.6. The molecule has 29 heavy (non-hydrogen) atoms. The van der Waals surface area contributed by atoms with Crippen molar-refractivity contribution in [2.24, 2.45) is 5.92 Å². The van der Waals surface area contributed by atoms with Crippen LogP contribution in [0.4, 0.5) is 5.69 Å². The molecule has 1 N–H and O–H groups in total. The van der Waals surface area contributed by atoms with E-state index in [1.54, 1.807) is 18.3 Å². The zero-order chi connectivity index (χ0) is 20.4. The number of nitrogens with one attached hydrogen (secondary N) is 1. The maximum absolute atomic E-state index is 12.9. The number of aromatic nitrogens is 1. The van der Waals surface area contributed by atoms with Crippen molar-refractivity contribution in [1.82, 2.24) is 9.29 Å². The number of anilines is 1. The molecule has 3 aromatic rings. The summed E-state index contributed by atoms with van der Waals surface area (Å²) in [6.07, 6.45) is 1.07. The Morgan fingerprint density at radius 3 is 2.55 bits per heavy atom. The molecule has 1 aliphatic heterocycles. The van der Waals surface area contributed by atoms with Gasteiger partial charge in [-0.3, -0.25) is 4.79 Å². The minimum Gasteiger partial charge on any atom is -0.325 e. The molecule has 152 valence electrons. The summed E-state index contributed by atoms with van der Waals surface area (Å²) in [7, 11) is -3.19. The van der Waals surface area contributed by atoms with Gasteiger partial charge in [-0.1, -0.05) is 24.3 Å². The number of carbonyl (C=O) groups excluding carboxylic acids is 1. The number of sulfonamides is 1. The zero-order valence-electron chi connectivity index (χ0n) is 16.2.